The predicted molar refractivity (Wildman–Crippen MR) is 113 cm³/mol. The topological polar surface area (TPSA) is 46.0 Å². The number of hydrogen-bond donors (Lipinski definition) is 2. The predicted octanol–water partition coefficient (Wildman–Crippen LogP) is 2.19. The van der Waals surface area contributed by atoms with E-state index >= 15 is 0 Å². The molecule has 0 atom stereocenters. The number of carbonyl (C=O) groups is 1. The fraction of sp³-hybridized carbons (Fsp3) is 0.261. The smallest absolute Gasteiger partial charge is 0.279 e. The van der Waals surface area contributed by atoms with Crippen LogP contribution in [0.15, 0.2) is 66.7 Å². The van der Waals surface area contributed by atoms with Gasteiger partial charge in [0.2, 0.25) is 0 Å². The van der Waals surface area contributed by atoms with Crippen molar-refractivity contribution in [3.63, 3.8) is 0 Å². The average Bonchev–Trinajstić information content (AvgIpc) is 2.74. The van der Waals surface area contributed by atoms with Crippen LogP contribution in [0.4, 0.5) is 11.4 Å². The Balaban J connectivity index is 1.29. The molecule has 0 aliphatic carbocycles. The number of fused-ring (bicyclic) bond motifs is 1. The largest absolute Gasteiger partial charge is 0.497 e. The van der Waals surface area contributed by atoms with Gasteiger partial charge < -0.3 is 19.9 Å². The molecule has 5 heteroatoms. The molecule has 0 spiro atoms. The summed E-state index contributed by atoms with van der Waals surface area (Å²) in [6, 6.07) is 22.4. The van der Waals surface area contributed by atoms with Crippen LogP contribution in [0, 0.1) is 0 Å². The van der Waals surface area contributed by atoms with Crippen molar-refractivity contribution in [2.45, 2.75) is 0 Å². The van der Waals surface area contributed by atoms with E-state index in [2.05, 4.69) is 34.5 Å². The van der Waals surface area contributed by atoms with Crippen LogP contribution in [-0.2, 0) is 4.79 Å². The van der Waals surface area contributed by atoms with Gasteiger partial charge in [-0.1, -0.05) is 30.3 Å². The third kappa shape index (κ3) is 4.26. The number of methoxy groups -OCH3 is 1. The molecule has 1 aliphatic heterocycles. The van der Waals surface area contributed by atoms with Crippen LogP contribution in [0.3, 0.4) is 0 Å². The third-order valence-corrected chi connectivity index (χ3v) is 5.35. The van der Waals surface area contributed by atoms with Crippen molar-refractivity contribution in [1.29, 1.82) is 0 Å². The first-order valence-electron chi connectivity index (χ1n) is 9.72. The number of piperazine rings is 1. The standard InChI is InChI=1S/C23H25N3O2/c1-28-22-10-8-21(9-11-22)26-14-12-25(13-15-26)17-23(27)24-20-7-6-18-4-2-3-5-19(18)16-20/h2-11,16H,12-15,17H2,1H3,(H,24,27)/p+1. The monoisotopic (exact) mass is 376 g/mol. The van der Waals surface area contributed by atoms with E-state index < -0.39 is 0 Å². The molecule has 0 aromatic heterocycles. The van der Waals surface area contributed by atoms with E-state index in [-0.39, 0.29) is 5.91 Å². The van der Waals surface area contributed by atoms with Crippen LogP contribution in [0.1, 0.15) is 0 Å². The maximum absolute atomic E-state index is 12.5. The lowest BCUT2D eigenvalue weighted by Crippen LogP contribution is -3.15. The Kier molecular flexibility index (Phi) is 5.44. The van der Waals surface area contributed by atoms with Gasteiger partial charge in [0, 0.05) is 11.4 Å². The number of nitrogens with one attached hydrogen (secondary N) is 2. The van der Waals surface area contributed by atoms with Gasteiger partial charge in [0.15, 0.2) is 6.54 Å². The van der Waals surface area contributed by atoms with E-state index in [1.54, 1.807) is 7.11 Å². The van der Waals surface area contributed by atoms with Crippen molar-refractivity contribution in [3.8, 4) is 5.75 Å². The lowest BCUT2D eigenvalue weighted by Gasteiger charge is -2.33. The molecule has 0 unspecified atom stereocenters. The number of ether oxygens (including phenoxy) is 1. The lowest BCUT2D eigenvalue weighted by molar-refractivity contribution is -0.892. The van der Waals surface area contributed by atoms with E-state index in [1.807, 2.05) is 42.5 Å². The number of hydrogen-bond acceptors (Lipinski definition) is 3. The number of anilines is 2. The van der Waals surface area contributed by atoms with E-state index in [0.29, 0.717) is 6.54 Å². The number of benzene rings is 3. The second-order valence-electron chi connectivity index (χ2n) is 7.22. The van der Waals surface area contributed by atoms with Crippen molar-refractivity contribution >= 4 is 28.1 Å². The van der Waals surface area contributed by atoms with Gasteiger partial charge in [-0.2, -0.15) is 0 Å². The summed E-state index contributed by atoms with van der Waals surface area (Å²) < 4.78 is 5.22. The summed E-state index contributed by atoms with van der Waals surface area (Å²) in [6.45, 7) is 4.31. The maximum atomic E-state index is 12.5. The summed E-state index contributed by atoms with van der Waals surface area (Å²) in [5, 5.41) is 5.37. The first kappa shape index (κ1) is 18.3. The Morgan fingerprint density at radius 1 is 1.00 bits per heavy atom. The summed E-state index contributed by atoms with van der Waals surface area (Å²) >= 11 is 0. The Morgan fingerprint density at radius 3 is 2.43 bits per heavy atom. The highest BCUT2D eigenvalue weighted by molar-refractivity contribution is 5.94. The summed E-state index contributed by atoms with van der Waals surface area (Å²) in [5.41, 5.74) is 2.07. The van der Waals surface area contributed by atoms with Gasteiger partial charge in [-0.15, -0.1) is 0 Å². The summed E-state index contributed by atoms with van der Waals surface area (Å²) in [4.78, 5) is 16.2. The van der Waals surface area contributed by atoms with Crippen molar-refractivity contribution in [1.82, 2.24) is 0 Å². The van der Waals surface area contributed by atoms with Gasteiger partial charge >= 0.3 is 0 Å². The number of nitrogens with zero attached hydrogens (tertiary/aromatic N) is 1. The summed E-state index contributed by atoms with van der Waals surface area (Å²) in [6.07, 6.45) is 0. The molecule has 28 heavy (non-hydrogen) atoms. The van der Waals surface area contributed by atoms with Crippen molar-refractivity contribution < 1.29 is 14.4 Å². The van der Waals surface area contributed by atoms with E-state index in [0.717, 1.165) is 43.0 Å². The average molecular weight is 376 g/mol. The molecule has 1 saturated heterocycles. The minimum Gasteiger partial charge on any atom is -0.497 e. The van der Waals surface area contributed by atoms with Gasteiger partial charge in [-0.25, -0.2) is 0 Å². The fourth-order valence-electron chi connectivity index (χ4n) is 3.75. The second kappa shape index (κ2) is 8.31. The molecule has 3 aromatic carbocycles. The molecule has 5 nitrogen and oxygen atoms in total. The Hall–Kier alpha value is -3.05. The van der Waals surface area contributed by atoms with Crippen LogP contribution in [0.25, 0.3) is 10.8 Å². The number of rotatable bonds is 5. The minimum absolute atomic E-state index is 0.0724. The molecule has 0 bridgehead atoms. The molecule has 0 radical (unpaired) electrons. The lowest BCUT2D eigenvalue weighted by atomic mass is 10.1. The van der Waals surface area contributed by atoms with Gasteiger partial charge in [-0.05, 0) is 47.2 Å². The molecule has 0 saturated carbocycles. The highest BCUT2D eigenvalue weighted by atomic mass is 16.5. The Bertz CT molecular complexity index is 947. The van der Waals surface area contributed by atoms with E-state index in [1.165, 1.54) is 16.0 Å². The molecule has 1 amide bonds. The molecule has 144 valence electrons. The van der Waals surface area contributed by atoms with Crippen molar-refractivity contribution in [3.05, 3.63) is 66.7 Å². The Labute approximate surface area is 165 Å². The van der Waals surface area contributed by atoms with Crippen LogP contribution < -0.4 is 19.9 Å². The molecule has 2 N–H and O–H groups in total. The van der Waals surface area contributed by atoms with E-state index in [4.69, 9.17) is 4.74 Å². The summed E-state index contributed by atoms with van der Waals surface area (Å²) in [7, 11) is 1.68. The maximum Gasteiger partial charge on any atom is 0.279 e. The molecular weight excluding hydrogens is 350 g/mol. The minimum atomic E-state index is 0.0724. The first-order chi connectivity index (χ1) is 13.7. The van der Waals surface area contributed by atoms with Crippen LogP contribution >= 0.6 is 0 Å². The third-order valence-electron chi connectivity index (χ3n) is 5.35. The Morgan fingerprint density at radius 2 is 1.71 bits per heavy atom. The zero-order chi connectivity index (χ0) is 19.3. The van der Waals surface area contributed by atoms with Gasteiger partial charge in [0.05, 0.1) is 33.3 Å². The number of carbonyl (C=O) groups excluding carboxylic acids is 1. The molecular formula is C23H26N3O2+. The zero-order valence-corrected chi connectivity index (χ0v) is 16.2. The van der Waals surface area contributed by atoms with Gasteiger partial charge in [0.1, 0.15) is 5.75 Å². The van der Waals surface area contributed by atoms with Crippen molar-refractivity contribution in [2.75, 3.05) is 50.1 Å². The highest BCUT2D eigenvalue weighted by Crippen LogP contribution is 2.20. The second-order valence-corrected chi connectivity index (χ2v) is 7.22. The van der Waals surface area contributed by atoms with Crippen LogP contribution in [-0.4, -0.2) is 45.7 Å². The van der Waals surface area contributed by atoms with Crippen molar-refractivity contribution in [2.24, 2.45) is 0 Å². The first-order valence-corrected chi connectivity index (χ1v) is 9.72. The SMILES string of the molecule is COc1ccc(N2CC[NH+](CC(=O)Nc3ccc4ccccc4c3)CC2)cc1. The van der Waals surface area contributed by atoms with Gasteiger partial charge in [0.25, 0.3) is 5.91 Å². The number of quaternary nitrogens is 1. The molecule has 3 aromatic rings. The quantitative estimate of drug-likeness (QED) is 0.718. The van der Waals surface area contributed by atoms with Crippen LogP contribution in [0.5, 0.6) is 5.75 Å². The molecule has 1 heterocycles. The highest BCUT2D eigenvalue weighted by Gasteiger charge is 2.22. The van der Waals surface area contributed by atoms with E-state index in [9.17, 15) is 4.79 Å². The molecule has 4 rings (SSSR count). The normalized spacial score (nSPS) is 14.8. The molecule has 1 aliphatic rings. The zero-order valence-electron chi connectivity index (χ0n) is 16.2. The number of amides is 1. The summed E-state index contributed by atoms with van der Waals surface area (Å²) in [5.74, 6) is 0.946. The van der Waals surface area contributed by atoms with Gasteiger partial charge in [-0.3, -0.25) is 4.79 Å². The van der Waals surface area contributed by atoms with Crippen LogP contribution in [0.2, 0.25) is 0 Å². The fourth-order valence-corrected chi connectivity index (χ4v) is 3.75. The molecule has 1 fully saturated rings.